The lowest BCUT2D eigenvalue weighted by Gasteiger charge is -2.18. The summed E-state index contributed by atoms with van der Waals surface area (Å²) in [6.45, 7) is 3.19. The molecule has 0 aromatic heterocycles. The van der Waals surface area contributed by atoms with Crippen molar-refractivity contribution in [1.29, 1.82) is 0 Å². The summed E-state index contributed by atoms with van der Waals surface area (Å²) < 4.78 is 10.6. The highest BCUT2D eigenvalue weighted by atomic mass is 16.6. The highest BCUT2D eigenvalue weighted by Gasteiger charge is 2.47. The molecule has 2 rings (SSSR count). The molecule has 2 saturated heterocycles. The molecule has 80 valence electrons. The van der Waals surface area contributed by atoms with Crippen LogP contribution in [0, 0.1) is 0 Å². The third kappa shape index (κ3) is 1.69. The maximum atomic E-state index is 11.4. The van der Waals surface area contributed by atoms with Gasteiger partial charge in [0.2, 0.25) is 0 Å². The van der Waals surface area contributed by atoms with Crippen LogP contribution >= 0.6 is 0 Å². The number of rotatable bonds is 3. The summed E-state index contributed by atoms with van der Waals surface area (Å²) in [6, 6.07) is 0. The van der Waals surface area contributed by atoms with Crippen LogP contribution in [0.2, 0.25) is 0 Å². The SMILES string of the molecule is NCCCN1CC2(CCOC2)OC1=O. The average molecular weight is 200 g/mol. The summed E-state index contributed by atoms with van der Waals surface area (Å²) in [4.78, 5) is 13.2. The summed E-state index contributed by atoms with van der Waals surface area (Å²) in [5.41, 5.74) is 5.04. The van der Waals surface area contributed by atoms with Crippen LogP contribution in [-0.4, -0.2) is 49.4 Å². The normalized spacial score (nSPS) is 31.5. The number of hydrogen-bond donors (Lipinski definition) is 1. The molecule has 2 N–H and O–H groups in total. The van der Waals surface area contributed by atoms with Crippen LogP contribution in [0.1, 0.15) is 12.8 Å². The van der Waals surface area contributed by atoms with Gasteiger partial charge in [-0.2, -0.15) is 0 Å². The van der Waals surface area contributed by atoms with Gasteiger partial charge >= 0.3 is 6.09 Å². The molecule has 5 nitrogen and oxygen atoms in total. The zero-order valence-electron chi connectivity index (χ0n) is 8.20. The van der Waals surface area contributed by atoms with E-state index in [2.05, 4.69) is 0 Å². The van der Waals surface area contributed by atoms with Crippen molar-refractivity contribution in [3.05, 3.63) is 0 Å². The van der Waals surface area contributed by atoms with E-state index in [4.69, 9.17) is 15.2 Å². The van der Waals surface area contributed by atoms with Gasteiger partial charge in [0, 0.05) is 13.0 Å². The van der Waals surface area contributed by atoms with Crippen LogP contribution in [0.25, 0.3) is 0 Å². The lowest BCUT2D eigenvalue weighted by molar-refractivity contribution is 0.0435. The Hall–Kier alpha value is -0.810. The number of nitrogens with zero attached hydrogens (tertiary/aromatic N) is 1. The minimum atomic E-state index is -0.355. The van der Waals surface area contributed by atoms with E-state index in [1.165, 1.54) is 0 Å². The van der Waals surface area contributed by atoms with E-state index >= 15 is 0 Å². The molecule has 0 radical (unpaired) electrons. The first-order valence-corrected chi connectivity index (χ1v) is 5.01. The minimum absolute atomic E-state index is 0.219. The summed E-state index contributed by atoms with van der Waals surface area (Å²) >= 11 is 0. The van der Waals surface area contributed by atoms with Crippen molar-refractivity contribution >= 4 is 6.09 Å². The van der Waals surface area contributed by atoms with Gasteiger partial charge in [-0.05, 0) is 13.0 Å². The van der Waals surface area contributed by atoms with Crippen molar-refractivity contribution in [3.63, 3.8) is 0 Å². The van der Waals surface area contributed by atoms with Crippen molar-refractivity contribution in [2.75, 3.05) is 32.8 Å². The smallest absolute Gasteiger partial charge is 0.410 e. The van der Waals surface area contributed by atoms with Crippen LogP contribution in [0.5, 0.6) is 0 Å². The van der Waals surface area contributed by atoms with Gasteiger partial charge in [-0.25, -0.2) is 4.79 Å². The lowest BCUT2D eigenvalue weighted by atomic mass is 10.0. The first kappa shape index (κ1) is 9.73. The van der Waals surface area contributed by atoms with E-state index in [9.17, 15) is 4.79 Å². The number of amides is 1. The summed E-state index contributed by atoms with van der Waals surface area (Å²) in [5, 5.41) is 0. The highest BCUT2D eigenvalue weighted by molar-refractivity contribution is 5.70. The molecule has 1 spiro atoms. The van der Waals surface area contributed by atoms with Crippen molar-refractivity contribution in [3.8, 4) is 0 Å². The molecule has 0 bridgehead atoms. The molecule has 0 saturated carbocycles. The van der Waals surface area contributed by atoms with E-state index in [1.54, 1.807) is 4.90 Å². The van der Waals surface area contributed by atoms with Crippen LogP contribution in [0.3, 0.4) is 0 Å². The number of carbonyl (C=O) groups is 1. The molecular weight excluding hydrogens is 184 g/mol. The van der Waals surface area contributed by atoms with Gasteiger partial charge < -0.3 is 20.1 Å². The first-order valence-electron chi connectivity index (χ1n) is 5.01. The minimum Gasteiger partial charge on any atom is -0.438 e. The van der Waals surface area contributed by atoms with Crippen LogP contribution < -0.4 is 5.73 Å². The van der Waals surface area contributed by atoms with E-state index < -0.39 is 0 Å². The lowest BCUT2D eigenvalue weighted by Crippen LogP contribution is -2.35. The van der Waals surface area contributed by atoms with Crippen LogP contribution in [0.4, 0.5) is 4.79 Å². The van der Waals surface area contributed by atoms with Gasteiger partial charge in [-0.1, -0.05) is 0 Å². The zero-order chi connectivity index (χ0) is 10.0. The molecule has 5 heteroatoms. The maximum Gasteiger partial charge on any atom is 0.410 e. The van der Waals surface area contributed by atoms with Gasteiger partial charge in [-0.15, -0.1) is 0 Å². The molecule has 14 heavy (non-hydrogen) atoms. The second kappa shape index (κ2) is 3.74. The predicted octanol–water partition coefficient (Wildman–Crippen LogP) is -0.0535. The number of hydrogen-bond acceptors (Lipinski definition) is 4. The predicted molar refractivity (Wildman–Crippen MR) is 49.9 cm³/mol. The Morgan fingerprint density at radius 2 is 2.43 bits per heavy atom. The number of ether oxygens (including phenoxy) is 2. The molecule has 2 fully saturated rings. The Morgan fingerprint density at radius 1 is 1.57 bits per heavy atom. The first-order chi connectivity index (χ1) is 6.76. The maximum absolute atomic E-state index is 11.4. The fraction of sp³-hybridized carbons (Fsp3) is 0.889. The molecule has 1 unspecified atom stereocenters. The number of nitrogens with two attached hydrogens (primary N) is 1. The number of carbonyl (C=O) groups excluding carboxylic acids is 1. The molecule has 2 aliphatic rings. The highest BCUT2D eigenvalue weighted by Crippen LogP contribution is 2.30. The van der Waals surface area contributed by atoms with Crippen molar-refractivity contribution < 1.29 is 14.3 Å². The van der Waals surface area contributed by atoms with Gasteiger partial charge in [0.1, 0.15) is 0 Å². The van der Waals surface area contributed by atoms with E-state index in [-0.39, 0.29) is 11.7 Å². The topological polar surface area (TPSA) is 64.8 Å². The Morgan fingerprint density at radius 3 is 3.07 bits per heavy atom. The fourth-order valence-electron chi connectivity index (χ4n) is 1.94. The Bertz CT molecular complexity index is 226. The second-order valence-electron chi connectivity index (χ2n) is 3.92. The van der Waals surface area contributed by atoms with Gasteiger partial charge in [0.25, 0.3) is 0 Å². The van der Waals surface area contributed by atoms with Crippen molar-refractivity contribution in [1.82, 2.24) is 4.90 Å². The summed E-state index contributed by atoms with van der Waals surface area (Å²) in [5.74, 6) is 0. The fourth-order valence-corrected chi connectivity index (χ4v) is 1.94. The molecule has 1 atom stereocenters. The molecule has 0 aromatic rings. The Balaban J connectivity index is 1.92. The van der Waals surface area contributed by atoms with Gasteiger partial charge in [0.15, 0.2) is 5.60 Å². The summed E-state index contributed by atoms with van der Waals surface area (Å²) in [6.07, 6.45) is 1.42. The van der Waals surface area contributed by atoms with Crippen molar-refractivity contribution in [2.45, 2.75) is 18.4 Å². The molecule has 1 amide bonds. The van der Waals surface area contributed by atoms with E-state index in [0.717, 1.165) is 12.8 Å². The molecule has 2 heterocycles. The largest absolute Gasteiger partial charge is 0.438 e. The Labute approximate surface area is 83.1 Å². The van der Waals surface area contributed by atoms with Gasteiger partial charge in [0.05, 0.1) is 19.8 Å². The third-order valence-electron chi connectivity index (χ3n) is 2.74. The average Bonchev–Trinajstić information content (AvgIpc) is 2.72. The van der Waals surface area contributed by atoms with E-state index in [1.807, 2.05) is 0 Å². The monoisotopic (exact) mass is 200 g/mol. The standard InChI is InChI=1S/C9H16N2O3/c10-3-1-4-11-6-9(14-8(11)12)2-5-13-7-9/h1-7,10H2. The molecular formula is C9H16N2O3. The third-order valence-corrected chi connectivity index (χ3v) is 2.74. The quantitative estimate of drug-likeness (QED) is 0.693. The van der Waals surface area contributed by atoms with Gasteiger partial charge in [-0.3, -0.25) is 0 Å². The second-order valence-corrected chi connectivity index (χ2v) is 3.92. The molecule has 0 aromatic carbocycles. The molecule has 0 aliphatic carbocycles. The van der Waals surface area contributed by atoms with Crippen LogP contribution in [-0.2, 0) is 9.47 Å². The van der Waals surface area contributed by atoms with Crippen LogP contribution in [0.15, 0.2) is 0 Å². The Kier molecular flexibility index (Phi) is 2.60. The van der Waals surface area contributed by atoms with Crippen molar-refractivity contribution in [2.24, 2.45) is 5.73 Å². The van der Waals surface area contributed by atoms with E-state index in [0.29, 0.717) is 32.8 Å². The summed E-state index contributed by atoms with van der Waals surface area (Å²) in [7, 11) is 0. The molecule has 2 aliphatic heterocycles. The zero-order valence-corrected chi connectivity index (χ0v) is 8.20.